The van der Waals surface area contributed by atoms with Crippen molar-refractivity contribution in [1.29, 1.82) is 0 Å². The molecule has 0 bridgehead atoms. The van der Waals surface area contributed by atoms with Crippen LogP contribution < -0.4 is 0 Å². The molecule has 2 unspecified atom stereocenters. The number of aliphatic hydroxyl groups is 1. The summed E-state index contributed by atoms with van der Waals surface area (Å²) in [6.45, 7) is 8.25. The van der Waals surface area contributed by atoms with E-state index in [1.54, 1.807) is 0 Å². The van der Waals surface area contributed by atoms with Gasteiger partial charge in [0.2, 0.25) is 0 Å². The van der Waals surface area contributed by atoms with Crippen molar-refractivity contribution in [2.24, 2.45) is 0 Å². The molecule has 1 heterocycles. The molecule has 1 fully saturated rings. The monoisotopic (exact) mass is 388 g/mol. The molecule has 0 amide bonds. The number of nitrogens with zero attached hydrogens (tertiary/aromatic N) is 2. The minimum Gasteiger partial charge on any atom is -0.392 e. The summed E-state index contributed by atoms with van der Waals surface area (Å²) in [7, 11) is 0. The number of hydrogen-bond donors (Lipinski definition) is 1. The van der Waals surface area contributed by atoms with Crippen molar-refractivity contribution in [3.8, 4) is 0 Å². The quantitative estimate of drug-likeness (QED) is 0.751. The van der Waals surface area contributed by atoms with Crippen molar-refractivity contribution >= 4 is 11.6 Å². The molecule has 0 aromatic heterocycles. The molecule has 0 aliphatic carbocycles. The van der Waals surface area contributed by atoms with Crippen LogP contribution in [0.4, 0.5) is 0 Å². The minimum atomic E-state index is -0.258. The average molecular weight is 389 g/mol. The van der Waals surface area contributed by atoms with Crippen molar-refractivity contribution < 1.29 is 9.84 Å². The van der Waals surface area contributed by atoms with Crippen LogP contribution in [0, 0.1) is 0 Å². The maximum absolute atomic E-state index is 9.52. The Kier molecular flexibility index (Phi) is 7.68. The summed E-state index contributed by atoms with van der Waals surface area (Å²) >= 11 is 6.04. The Morgan fingerprint density at radius 3 is 2.15 bits per heavy atom. The second-order valence-electron chi connectivity index (χ2n) is 7.20. The number of halogens is 1. The van der Waals surface area contributed by atoms with Crippen molar-refractivity contribution in [2.45, 2.75) is 19.1 Å². The van der Waals surface area contributed by atoms with Crippen LogP contribution in [0.25, 0.3) is 0 Å². The number of β-amino-alcohol motifs (C(OH)–C–C–N with tert-alkyl or cyclic N) is 1. The van der Waals surface area contributed by atoms with Gasteiger partial charge in [0.1, 0.15) is 6.10 Å². The van der Waals surface area contributed by atoms with E-state index in [0.29, 0.717) is 6.61 Å². The van der Waals surface area contributed by atoms with Gasteiger partial charge in [0.15, 0.2) is 0 Å². The molecule has 146 valence electrons. The van der Waals surface area contributed by atoms with Crippen LogP contribution in [0.1, 0.15) is 24.2 Å². The Morgan fingerprint density at radius 2 is 1.52 bits per heavy atom. The zero-order valence-corrected chi connectivity index (χ0v) is 16.7. The van der Waals surface area contributed by atoms with Crippen molar-refractivity contribution in [2.75, 3.05) is 45.9 Å². The number of hydrogen-bond acceptors (Lipinski definition) is 4. The lowest BCUT2D eigenvalue weighted by Crippen LogP contribution is -2.48. The third kappa shape index (κ3) is 6.30. The molecule has 1 N–H and O–H groups in total. The molecule has 2 atom stereocenters. The Hall–Kier alpha value is -1.43. The van der Waals surface area contributed by atoms with Crippen molar-refractivity contribution in [3.05, 3.63) is 70.7 Å². The number of ether oxygens (including phenoxy) is 1. The Labute approximate surface area is 167 Å². The maximum Gasteiger partial charge on any atom is 0.108 e. The van der Waals surface area contributed by atoms with Crippen LogP contribution in [0.2, 0.25) is 5.02 Å². The fourth-order valence-corrected chi connectivity index (χ4v) is 3.65. The highest BCUT2D eigenvalue weighted by Gasteiger charge is 2.19. The summed E-state index contributed by atoms with van der Waals surface area (Å²) in [4.78, 5) is 4.75. The fraction of sp³-hybridized carbons (Fsp3) is 0.455. The van der Waals surface area contributed by atoms with Gasteiger partial charge in [-0.25, -0.2) is 0 Å². The molecule has 5 heteroatoms. The first-order valence-electron chi connectivity index (χ1n) is 9.66. The molecule has 0 spiro atoms. The number of benzene rings is 2. The van der Waals surface area contributed by atoms with Crippen LogP contribution in [-0.2, 0) is 4.74 Å². The van der Waals surface area contributed by atoms with E-state index in [9.17, 15) is 5.11 Å². The average Bonchev–Trinajstić information content (AvgIpc) is 2.68. The smallest absolute Gasteiger partial charge is 0.108 e. The predicted octanol–water partition coefficient (Wildman–Crippen LogP) is 3.44. The van der Waals surface area contributed by atoms with Crippen LogP contribution in [0.15, 0.2) is 54.6 Å². The lowest BCUT2D eigenvalue weighted by atomic mass is 10.0. The first-order valence-corrected chi connectivity index (χ1v) is 10.0. The van der Waals surface area contributed by atoms with Gasteiger partial charge in [-0.05, 0) is 30.2 Å². The van der Waals surface area contributed by atoms with Crippen LogP contribution in [0.5, 0.6) is 0 Å². The van der Waals surface area contributed by atoms with Gasteiger partial charge in [0.25, 0.3) is 0 Å². The molecular weight excluding hydrogens is 360 g/mol. The van der Waals surface area contributed by atoms with Gasteiger partial charge in [0, 0.05) is 44.3 Å². The van der Waals surface area contributed by atoms with Crippen LogP contribution in [-0.4, -0.2) is 66.9 Å². The SMILES string of the molecule is CC(O)CN1CCN(CCOC(c2ccccc2)c2ccc(Cl)cc2)CC1. The van der Waals surface area contributed by atoms with E-state index < -0.39 is 0 Å². The molecule has 1 aliphatic heterocycles. The molecule has 4 nitrogen and oxygen atoms in total. The van der Waals surface area contributed by atoms with Gasteiger partial charge in [-0.2, -0.15) is 0 Å². The molecule has 2 aromatic carbocycles. The summed E-state index contributed by atoms with van der Waals surface area (Å²) in [6, 6.07) is 18.2. The summed E-state index contributed by atoms with van der Waals surface area (Å²) in [6.07, 6.45) is -0.342. The van der Waals surface area contributed by atoms with E-state index in [4.69, 9.17) is 16.3 Å². The zero-order chi connectivity index (χ0) is 19.1. The minimum absolute atomic E-state index is 0.0833. The summed E-state index contributed by atoms with van der Waals surface area (Å²) in [5, 5.41) is 10.3. The second-order valence-corrected chi connectivity index (χ2v) is 7.64. The highest BCUT2D eigenvalue weighted by molar-refractivity contribution is 6.30. The third-order valence-electron chi connectivity index (χ3n) is 4.95. The topological polar surface area (TPSA) is 35.9 Å². The predicted molar refractivity (Wildman–Crippen MR) is 110 cm³/mol. The van der Waals surface area contributed by atoms with E-state index in [0.717, 1.165) is 55.4 Å². The lowest BCUT2D eigenvalue weighted by Gasteiger charge is -2.35. The maximum atomic E-state index is 9.52. The Bertz CT molecular complexity index is 670. The molecule has 1 saturated heterocycles. The number of aliphatic hydroxyl groups excluding tert-OH is 1. The van der Waals surface area contributed by atoms with Gasteiger partial charge in [0.05, 0.1) is 12.7 Å². The number of rotatable bonds is 8. The summed E-state index contributed by atoms with van der Waals surface area (Å²) in [5.74, 6) is 0. The van der Waals surface area contributed by atoms with Crippen LogP contribution in [0.3, 0.4) is 0 Å². The van der Waals surface area contributed by atoms with E-state index in [1.807, 2.05) is 49.4 Å². The van der Waals surface area contributed by atoms with Gasteiger partial charge < -0.3 is 9.84 Å². The molecule has 0 radical (unpaired) electrons. The lowest BCUT2D eigenvalue weighted by molar-refractivity contribution is 0.0372. The Morgan fingerprint density at radius 1 is 0.926 bits per heavy atom. The highest BCUT2D eigenvalue weighted by Crippen LogP contribution is 2.27. The van der Waals surface area contributed by atoms with E-state index >= 15 is 0 Å². The first kappa shape index (κ1) is 20.3. The van der Waals surface area contributed by atoms with Crippen molar-refractivity contribution in [1.82, 2.24) is 9.80 Å². The molecule has 0 saturated carbocycles. The third-order valence-corrected chi connectivity index (χ3v) is 5.21. The van der Waals surface area contributed by atoms with Gasteiger partial charge in [-0.15, -0.1) is 0 Å². The van der Waals surface area contributed by atoms with Gasteiger partial charge in [-0.3, -0.25) is 9.80 Å². The van der Waals surface area contributed by atoms with E-state index in [1.165, 1.54) is 0 Å². The molecule has 3 rings (SSSR count). The largest absolute Gasteiger partial charge is 0.392 e. The first-order chi connectivity index (χ1) is 13.1. The fourth-order valence-electron chi connectivity index (χ4n) is 3.52. The normalized spacial score (nSPS) is 18.3. The van der Waals surface area contributed by atoms with E-state index in [-0.39, 0.29) is 12.2 Å². The summed E-state index contributed by atoms with van der Waals surface area (Å²) in [5.41, 5.74) is 2.27. The van der Waals surface area contributed by atoms with Crippen molar-refractivity contribution in [3.63, 3.8) is 0 Å². The molecule has 1 aliphatic rings. The second kappa shape index (κ2) is 10.2. The molecule has 2 aromatic rings. The Balaban J connectivity index is 1.54. The number of piperazine rings is 1. The van der Waals surface area contributed by atoms with Crippen LogP contribution >= 0.6 is 11.6 Å². The van der Waals surface area contributed by atoms with Gasteiger partial charge in [-0.1, -0.05) is 54.1 Å². The van der Waals surface area contributed by atoms with Gasteiger partial charge >= 0.3 is 0 Å². The molecule has 27 heavy (non-hydrogen) atoms. The summed E-state index contributed by atoms with van der Waals surface area (Å²) < 4.78 is 6.31. The standard InChI is InChI=1S/C22H29ClN2O2/c1-18(26)17-25-13-11-24(12-14-25)15-16-27-22(19-5-3-2-4-6-19)20-7-9-21(23)10-8-20/h2-10,18,22,26H,11-17H2,1H3. The molecular formula is C22H29ClN2O2. The highest BCUT2D eigenvalue weighted by atomic mass is 35.5. The zero-order valence-electron chi connectivity index (χ0n) is 15.9. The van der Waals surface area contributed by atoms with E-state index in [2.05, 4.69) is 21.9 Å².